The van der Waals surface area contributed by atoms with E-state index in [1.54, 1.807) is 0 Å². The Morgan fingerprint density at radius 3 is 2.50 bits per heavy atom. The summed E-state index contributed by atoms with van der Waals surface area (Å²) in [6.45, 7) is 0. The molecule has 0 saturated heterocycles. The number of aliphatic hydroxyl groups excluding tert-OH is 2. The van der Waals surface area contributed by atoms with Gasteiger partial charge in [0.15, 0.2) is 0 Å². The highest BCUT2D eigenvalue weighted by atomic mass is 16.3. The van der Waals surface area contributed by atoms with E-state index in [4.69, 9.17) is 5.73 Å². The van der Waals surface area contributed by atoms with Crippen LogP contribution in [0, 0.1) is 11.8 Å². The number of hydrogen-bond acceptors (Lipinski definition) is 3. The van der Waals surface area contributed by atoms with Gasteiger partial charge in [-0.2, -0.15) is 0 Å². The SMILES string of the molecule is N[C@@H](C[C@@H]1CC=CCC1)[C@@H](O)[C@@H](O)C1CC1. The minimum atomic E-state index is -0.738. The van der Waals surface area contributed by atoms with Gasteiger partial charge < -0.3 is 15.9 Å². The summed E-state index contributed by atoms with van der Waals surface area (Å²) in [4.78, 5) is 0. The Bertz CT molecular complexity index is 250. The minimum Gasteiger partial charge on any atom is -0.390 e. The largest absolute Gasteiger partial charge is 0.390 e. The molecule has 16 heavy (non-hydrogen) atoms. The first-order chi connectivity index (χ1) is 7.68. The van der Waals surface area contributed by atoms with Crippen molar-refractivity contribution in [1.82, 2.24) is 0 Å². The second-order valence-corrected chi connectivity index (χ2v) is 5.37. The van der Waals surface area contributed by atoms with Gasteiger partial charge in [-0.05, 0) is 50.4 Å². The van der Waals surface area contributed by atoms with Crippen LogP contribution < -0.4 is 5.73 Å². The summed E-state index contributed by atoms with van der Waals surface area (Å²) in [5, 5.41) is 19.7. The van der Waals surface area contributed by atoms with Crippen LogP contribution in [0.3, 0.4) is 0 Å². The molecule has 0 aromatic heterocycles. The van der Waals surface area contributed by atoms with E-state index in [0.717, 1.165) is 38.5 Å². The van der Waals surface area contributed by atoms with Gasteiger partial charge in [-0.15, -0.1) is 0 Å². The van der Waals surface area contributed by atoms with Crippen molar-refractivity contribution in [3.05, 3.63) is 12.2 Å². The molecule has 4 N–H and O–H groups in total. The Morgan fingerprint density at radius 1 is 1.19 bits per heavy atom. The molecule has 3 nitrogen and oxygen atoms in total. The standard InChI is InChI=1S/C13H23NO2/c14-11(8-9-4-2-1-3-5-9)13(16)12(15)10-6-7-10/h1-2,9-13,15-16H,3-8,14H2/t9-,11+,12+,13-/m1/s1. The average molecular weight is 225 g/mol. The minimum absolute atomic E-state index is 0.271. The molecule has 0 bridgehead atoms. The van der Waals surface area contributed by atoms with Gasteiger partial charge in [0, 0.05) is 6.04 Å². The first-order valence-electron chi connectivity index (χ1n) is 6.45. The maximum atomic E-state index is 9.93. The third kappa shape index (κ3) is 3.06. The molecule has 1 saturated carbocycles. The Balaban J connectivity index is 1.77. The fourth-order valence-corrected chi connectivity index (χ4v) is 2.56. The monoisotopic (exact) mass is 225 g/mol. The highest BCUT2D eigenvalue weighted by Gasteiger charge is 2.37. The third-order valence-corrected chi connectivity index (χ3v) is 3.88. The van der Waals surface area contributed by atoms with Crippen LogP contribution in [-0.4, -0.2) is 28.5 Å². The highest BCUT2D eigenvalue weighted by Crippen LogP contribution is 2.35. The lowest BCUT2D eigenvalue weighted by atomic mass is 9.86. The maximum absolute atomic E-state index is 9.93. The smallest absolute Gasteiger partial charge is 0.0952 e. The molecule has 3 heteroatoms. The van der Waals surface area contributed by atoms with E-state index < -0.39 is 12.2 Å². The van der Waals surface area contributed by atoms with Gasteiger partial charge in [0.1, 0.15) is 0 Å². The van der Waals surface area contributed by atoms with E-state index in [2.05, 4.69) is 12.2 Å². The van der Waals surface area contributed by atoms with Crippen LogP contribution in [0.5, 0.6) is 0 Å². The lowest BCUT2D eigenvalue weighted by molar-refractivity contribution is -0.0126. The fraction of sp³-hybridized carbons (Fsp3) is 0.846. The van der Waals surface area contributed by atoms with E-state index in [0.29, 0.717) is 11.8 Å². The Morgan fingerprint density at radius 2 is 1.94 bits per heavy atom. The molecule has 4 atom stereocenters. The van der Waals surface area contributed by atoms with Crippen LogP contribution in [0.1, 0.15) is 38.5 Å². The molecule has 92 valence electrons. The number of hydrogen-bond donors (Lipinski definition) is 3. The summed E-state index contributed by atoms with van der Waals surface area (Å²) in [5.41, 5.74) is 5.98. The Labute approximate surface area is 97.3 Å². The number of aliphatic hydroxyl groups is 2. The summed E-state index contributed by atoms with van der Waals surface area (Å²) >= 11 is 0. The van der Waals surface area contributed by atoms with E-state index in [1.807, 2.05) is 0 Å². The zero-order chi connectivity index (χ0) is 11.5. The van der Waals surface area contributed by atoms with Crippen LogP contribution in [0.2, 0.25) is 0 Å². The van der Waals surface area contributed by atoms with Gasteiger partial charge in [-0.3, -0.25) is 0 Å². The van der Waals surface area contributed by atoms with Crippen molar-refractivity contribution in [2.45, 2.75) is 56.8 Å². The maximum Gasteiger partial charge on any atom is 0.0952 e. The molecule has 0 heterocycles. The highest BCUT2D eigenvalue weighted by molar-refractivity contribution is 4.94. The normalized spacial score (nSPS) is 31.1. The van der Waals surface area contributed by atoms with Crippen molar-refractivity contribution in [3.63, 3.8) is 0 Å². The lowest BCUT2D eigenvalue weighted by Gasteiger charge is -2.27. The molecule has 2 aliphatic rings. The van der Waals surface area contributed by atoms with Crippen molar-refractivity contribution >= 4 is 0 Å². The lowest BCUT2D eigenvalue weighted by Crippen LogP contribution is -2.45. The summed E-state index contributed by atoms with van der Waals surface area (Å²) in [5.74, 6) is 0.883. The zero-order valence-corrected chi connectivity index (χ0v) is 9.76. The molecule has 0 unspecified atom stereocenters. The summed E-state index contributed by atoms with van der Waals surface area (Å²) < 4.78 is 0. The van der Waals surface area contributed by atoms with E-state index in [-0.39, 0.29) is 6.04 Å². The molecular weight excluding hydrogens is 202 g/mol. The molecule has 0 amide bonds. The molecule has 1 fully saturated rings. The number of allylic oxidation sites excluding steroid dienone is 2. The second-order valence-electron chi connectivity index (χ2n) is 5.37. The van der Waals surface area contributed by atoms with Gasteiger partial charge in [0.2, 0.25) is 0 Å². The van der Waals surface area contributed by atoms with E-state index in [1.165, 1.54) is 0 Å². The quantitative estimate of drug-likeness (QED) is 0.616. The molecule has 0 aromatic rings. The fourth-order valence-electron chi connectivity index (χ4n) is 2.56. The summed E-state index contributed by atoms with van der Waals surface area (Å²) in [6.07, 6.45) is 9.33. The van der Waals surface area contributed by atoms with Crippen molar-refractivity contribution in [2.24, 2.45) is 17.6 Å². The van der Waals surface area contributed by atoms with Crippen molar-refractivity contribution in [3.8, 4) is 0 Å². The van der Waals surface area contributed by atoms with E-state index in [9.17, 15) is 10.2 Å². The molecule has 2 aliphatic carbocycles. The van der Waals surface area contributed by atoms with Crippen LogP contribution >= 0.6 is 0 Å². The summed E-state index contributed by atoms with van der Waals surface area (Å²) in [7, 11) is 0. The van der Waals surface area contributed by atoms with Gasteiger partial charge in [0.05, 0.1) is 12.2 Å². The molecular formula is C13H23NO2. The first-order valence-corrected chi connectivity index (χ1v) is 6.45. The van der Waals surface area contributed by atoms with Crippen LogP contribution in [0.4, 0.5) is 0 Å². The average Bonchev–Trinajstić information content (AvgIpc) is 3.12. The predicted molar refractivity (Wildman–Crippen MR) is 63.8 cm³/mol. The van der Waals surface area contributed by atoms with Gasteiger partial charge in [0.25, 0.3) is 0 Å². The zero-order valence-electron chi connectivity index (χ0n) is 9.76. The molecule has 0 aliphatic heterocycles. The van der Waals surface area contributed by atoms with Crippen molar-refractivity contribution in [1.29, 1.82) is 0 Å². The molecule has 2 rings (SSSR count). The van der Waals surface area contributed by atoms with Crippen molar-refractivity contribution in [2.75, 3.05) is 0 Å². The Hall–Kier alpha value is -0.380. The predicted octanol–water partition coefficient (Wildman–Crippen LogP) is 1.19. The van der Waals surface area contributed by atoms with Gasteiger partial charge in [-0.25, -0.2) is 0 Å². The molecule has 0 radical (unpaired) electrons. The topological polar surface area (TPSA) is 66.5 Å². The summed E-state index contributed by atoms with van der Waals surface area (Å²) in [6, 6.07) is -0.271. The second kappa shape index (κ2) is 5.30. The van der Waals surface area contributed by atoms with Gasteiger partial charge >= 0.3 is 0 Å². The van der Waals surface area contributed by atoms with Crippen molar-refractivity contribution < 1.29 is 10.2 Å². The van der Waals surface area contributed by atoms with Crippen LogP contribution in [-0.2, 0) is 0 Å². The van der Waals surface area contributed by atoms with Gasteiger partial charge in [-0.1, -0.05) is 12.2 Å². The van der Waals surface area contributed by atoms with E-state index >= 15 is 0 Å². The van der Waals surface area contributed by atoms with Crippen LogP contribution in [0.25, 0.3) is 0 Å². The third-order valence-electron chi connectivity index (χ3n) is 3.88. The van der Waals surface area contributed by atoms with Crippen LogP contribution in [0.15, 0.2) is 12.2 Å². The Kier molecular flexibility index (Phi) is 4.00. The molecule has 0 spiro atoms. The number of nitrogens with two attached hydrogens (primary N) is 1. The molecule has 0 aromatic carbocycles. The first kappa shape index (κ1) is 12.1. The number of rotatable bonds is 5.